The Balaban J connectivity index is 1.55. The molecule has 1 aliphatic heterocycles. The molecule has 2 aromatic rings. The van der Waals surface area contributed by atoms with Crippen LogP contribution in [-0.2, 0) is 4.79 Å². The van der Waals surface area contributed by atoms with E-state index < -0.39 is 6.10 Å². The molecule has 3 rings (SSSR count). The summed E-state index contributed by atoms with van der Waals surface area (Å²) in [5.74, 6) is 0.869. The SMILES string of the molecule is CC(/C=N/NC(=O)C1COc2ccccc2O1)=C\c1ccccc1. The van der Waals surface area contributed by atoms with Crippen molar-refractivity contribution in [3.8, 4) is 11.5 Å². The predicted octanol–water partition coefficient (Wildman–Crippen LogP) is 3.03. The fraction of sp³-hybridized carbons (Fsp3) is 0.158. The molecule has 5 nitrogen and oxygen atoms in total. The van der Waals surface area contributed by atoms with Crippen molar-refractivity contribution in [3.63, 3.8) is 0 Å². The first kappa shape index (κ1) is 15.8. The van der Waals surface area contributed by atoms with Crippen LogP contribution in [0.4, 0.5) is 0 Å². The number of amides is 1. The number of benzene rings is 2. The largest absolute Gasteiger partial charge is 0.485 e. The number of rotatable bonds is 4. The molecule has 0 aliphatic carbocycles. The summed E-state index contributed by atoms with van der Waals surface area (Å²) in [6, 6.07) is 17.2. The Kier molecular flexibility index (Phi) is 4.91. The van der Waals surface area contributed by atoms with Gasteiger partial charge in [0.1, 0.15) is 6.61 Å². The number of nitrogens with one attached hydrogen (secondary N) is 1. The van der Waals surface area contributed by atoms with Crippen molar-refractivity contribution in [2.75, 3.05) is 6.61 Å². The molecule has 0 saturated heterocycles. The van der Waals surface area contributed by atoms with Gasteiger partial charge in [0.25, 0.3) is 5.91 Å². The van der Waals surface area contributed by atoms with Gasteiger partial charge in [-0.3, -0.25) is 4.79 Å². The van der Waals surface area contributed by atoms with Crippen LogP contribution in [0.2, 0.25) is 0 Å². The molecule has 0 bridgehead atoms. The lowest BCUT2D eigenvalue weighted by Crippen LogP contribution is -2.42. The summed E-state index contributed by atoms with van der Waals surface area (Å²) in [6.45, 7) is 2.08. The zero-order valence-corrected chi connectivity index (χ0v) is 13.3. The maximum atomic E-state index is 12.1. The van der Waals surface area contributed by atoms with Crippen LogP contribution in [-0.4, -0.2) is 24.8 Å². The van der Waals surface area contributed by atoms with Crippen LogP contribution >= 0.6 is 0 Å². The van der Waals surface area contributed by atoms with E-state index in [9.17, 15) is 4.79 Å². The van der Waals surface area contributed by atoms with Crippen molar-refractivity contribution in [3.05, 3.63) is 65.7 Å². The van der Waals surface area contributed by atoms with E-state index in [0.717, 1.165) is 11.1 Å². The van der Waals surface area contributed by atoms with E-state index >= 15 is 0 Å². The van der Waals surface area contributed by atoms with Gasteiger partial charge in [-0.2, -0.15) is 5.10 Å². The number of ether oxygens (including phenoxy) is 2. The van der Waals surface area contributed by atoms with Crippen LogP contribution in [0.5, 0.6) is 11.5 Å². The van der Waals surface area contributed by atoms with Crippen LogP contribution in [0.25, 0.3) is 6.08 Å². The number of carbonyl (C=O) groups is 1. The molecule has 1 amide bonds. The zero-order chi connectivity index (χ0) is 16.8. The molecule has 2 aromatic carbocycles. The highest BCUT2D eigenvalue weighted by Gasteiger charge is 2.26. The smallest absolute Gasteiger partial charge is 0.284 e. The Hall–Kier alpha value is -3.08. The molecule has 1 atom stereocenters. The summed E-state index contributed by atoms with van der Waals surface area (Å²) < 4.78 is 11.1. The maximum Gasteiger partial charge on any atom is 0.284 e. The second-order valence-electron chi connectivity index (χ2n) is 5.40. The van der Waals surface area contributed by atoms with E-state index in [-0.39, 0.29) is 12.5 Å². The first-order chi connectivity index (χ1) is 11.7. The van der Waals surface area contributed by atoms with Gasteiger partial charge in [0.05, 0.1) is 6.21 Å². The topological polar surface area (TPSA) is 59.9 Å². The van der Waals surface area contributed by atoms with E-state index in [2.05, 4.69) is 10.5 Å². The second kappa shape index (κ2) is 7.46. The molecule has 24 heavy (non-hydrogen) atoms. The van der Waals surface area contributed by atoms with E-state index in [1.165, 1.54) is 0 Å². The van der Waals surface area contributed by atoms with Crippen molar-refractivity contribution in [1.29, 1.82) is 0 Å². The van der Waals surface area contributed by atoms with Gasteiger partial charge in [0, 0.05) is 0 Å². The monoisotopic (exact) mass is 322 g/mol. The minimum absolute atomic E-state index is 0.164. The minimum atomic E-state index is -0.713. The first-order valence-electron chi connectivity index (χ1n) is 7.67. The van der Waals surface area contributed by atoms with Crippen LogP contribution < -0.4 is 14.9 Å². The van der Waals surface area contributed by atoms with Gasteiger partial charge in [-0.15, -0.1) is 0 Å². The molecule has 0 saturated carbocycles. The predicted molar refractivity (Wildman–Crippen MR) is 93.1 cm³/mol. The van der Waals surface area contributed by atoms with Gasteiger partial charge in [-0.1, -0.05) is 48.5 Å². The summed E-state index contributed by atoms with van der Waals surface area (Å²) in [5, 5.41) is 3.97. The third-order valence-electron chi connectivity index (χ3n) is 3.44. The molecule has 122 valence electrons. The number of hydrogen-bond acceptors (Lipinski definition) is 4. The number of allylic oxidation sites excluding steroid dienone is 1. The highest BCUT2D eigenvalue weighted by atomic mass is 16.6. The lowest BCUT2D eigenvalue weighted by molar-refractivity contribution is -0.130. The van der Waals surface area contributed by atoms with E-state index in [4.69, 9.17) is 9.47 Å². The molecule has 1 aliphatic rings. The van der Waals surface area contributed by atoms with Gasteiger partial charge in [0.2, 0.25) is 6.10 Å². The maximum absolute atomic E-state index is 12.1. The molecular formula is C19H18N2O3. The summed E-state index contributed by atoms with van der Waals surface area (Å²) in [4.78, 5) is 12.1. The highest BCUT2D eigenvalue weighted by Crippen LogP contribution is 2.30. The zero-order valence-electron chi connectivity index (χ0n) is 13.3. The lowest BCUT2D eigenvalue weighted by Gasteiger charge is -2.24. The number of fused-ring (bicyclic) bond motifs is 1. The van der Waals surface area contributed by atoms with Crippen molar-refractivity contribution in [2.24, 2.45) is 5.10 Å². The molecule has 1 heterocycles. The molecule has 0 spiro atoms. The average molecular weight is 322 g/mol. The molecule has 5 heteroatoms. The van der Waals surface area contributed by atoms with Crippen molar-refractivity contribution < 1.29 is 14.3 Å². The second-order valence-corrected chi connectivity index (χ2v) is 5.40. The van der Waals surface area contributed by atoms with Crippen molar-refractivity contribution in [2.45, 2.75) is 13.0 Å². The number of para-hydroxylation sites is 2. The fourth-order valence-electron chi connectivity index (χ4n) is 2.27. The van der Waals surface area contributed by atoms with Gasteiger partial charge < -0.3 is 9.47 Å². The quantitative estimate of drug-likeness (QED) is 0.695. The van der Waals surface area contributed by atoms with Crippen molar-refractivity contribution in [1.82, 2.24) is 5.43 Å². The number of hydrogen-bond donors (Lipinski definition) is 1. The van der Waals surface area contributed by atoms with Gasteiger partial charge >= 0.3 is 0 Å². The summed E-state index contributed by atoms with van der Waals surface area (Å²) in [6.07, 6.45) is 2.87. The standard InChI is InChI=1S/C19H18N2O3/c1-14(11-15-7-3-2-4-8-15)12-20-21-19(22)18-13-23-16-9-5-6-10-17(16)24-18/h2-12,18H,13H2,1H3,(H,21,22)/b14-11+,20-12+. The fourth-order valence-corrected chi connectivity index (χ4v) is 2.27. The molecular weight excluding hydrogens is 304 g/mol. The summed E-state index contributed by atoms with van der Waals surface area (Å²) in [5.41, 5.74) is 4.49. The Morgan fingerprint density at radius 1 is 1.12 bits per heavy atom. The molecule has 0 fully saturated rings. The minimum Gasteiger partial charge on any atom is -0.485 e. The molecule has 1 N–H and O–H groups in total. The van der Waals surface area contributed by atoms with Gasteiger partial charge in [-0.25, -0.2) is 5.43 Å². The Bertz CT molecular complexity index is 769. The van der Waals surface area contributed by atoms with Gasteiger partial charge in [0.15, 0.2) is 11.5 Å². The number of carbonyl (C=O) groups excluding carboxylic acids is 1. The summed E-state index contributed by atoms with van der Waals surface area (Å²) >= 11 is 0. The van der Waals surface area contributed by atoms with E-state index in [1.807, 2.05) is 55.5 Å². The van der Waals surface area contributed by atoms with Gasteiger partial charge in [-0.05, 0) is 30.2 Å². The molecule has 1 unspecified atom stereocenters. The number of hydrazone groups is 1. The third kappa shape index (κ3) is 4.01. The lowest BCUT2D eigenvalue weighted by atomic mass is 10.1. The Labute approximate surface area is 140 Å². The van der Waals surface area contributed by atoms with Crippen LogP contribution in [0.15, 0.2) is 65.3 Å². The Morgan fingerprint density at radius 2 is 1.83 bits per heavy atom. The first-order valence-corrected chi connectivity index (χ1v) is 7.67. The molecule has 0 radical (unpaired) electrons. The van der Waals surface area contributed by atoms with Crippen LogP contribution in [0.3, 0.4) is 0 Å². The average Bonchev–Trinajstić information content (AvgIpc) is 2.62. The highest BCUT2D eigenvalue weighted by molar-refractivity contribution is 5.87. The van der Waals surface area contributed by atoms with Crippen LogP contribution in [0, 0.1) is 0 Å². The third-order valence-corrected chi connectivity index (χ3v) is 3.44. The van der Waals surface area contributed by atoms with Crippen molar-refractivity contribution >= 4 is 18.2 Å². The molecule has 0 aromatic heterocycles. The normalized spacial score (nSPS) is 16.9. The van der Waals surface area contributed by atoms with Crippen LogP contribution in [0.1, 0.15) is 12.5 Å². The summed E-state index contributed by atoms with van der Waals surface area (Å²) in [7, 11) is 0. The Morgan fingerprint density at radius 3 is 2.62 bits per heavy atom. The van der Waals surface area contributed by atoms with E-state index in [1.54, 1.807) is 18.3 Å². The number of nitrogens with zero attached hydrogens (tertiary/aromatic N) is 1. The van der Waals surface area contributed by atoms with E-state index in [0.29, 0.717) is 11.5 Å².